The van der Waals surface area contributed by atoms with Crippen LogP contribution in [0.5, 0.6) is 0 Å². The van der Waals surface area contributed by atoms with Gasteiger partial charge in [-0.3, -0.25) is 0 Å². The fourth-order valence-corrected chi connectivity index (χ4v) is 1.36. The van der Waals surface area contributed by atoms with Crippen molar-refractivity contribution in [1.29, 1.82) is 0 Å². The predicted molar refractivity (Wildman–Crippen MR) is 55.5 cm³/mol. The minimum absolute atomic E-state index is 0.0381. The van der Waals surface area contributed by atoms with Crippen molar-refractivity contribution in [2.75, 3.05) is 0 Å². The molecule has 0 amide bonds. The van der Waals surface area contributed by atoms with Gasteiger partial charge in [-0.05, 0) is 12.1 Å². The largest absolute Gasteiger partial charge is 0.414 e. The topological polar surface area (TPSA) is 59.2 Å². The summed E-state index contributed by atoms with van der Waals surface area (Å²) in [5.41, 5.74) is 0.275. The summed E-state index contributed by atoms with van der Waals surface area (Å²) >= 11 is 0. The number of halogens is 4. The highest BCUT2D eigenvalue weighted by Crippen LogP contribution is 2.23. The van der Waals surface area contributed by atoms with Crippen LogP contribution in [0.25, 0.3) is 11.4 Å². The molecule has 1 unspecified atom stereocenters. The summed E-state index contributed by atoms with van der Waals surface area (Å²) in [5.74, 6) is -0.938. The molecule has 0 radical (unpaired) electrons. The number of alkyl halides is 3. The minimum atomic E-state index is -4.76. The zero-order valence-corrected chi connectivity index (χ0v) is 9.36. The molecule has 1 aromatic carbocycles. The third-order valence-corrected chi connectivity index (χ3v) is 2.30. The molecule has 0 fully saturated rings. The van der Waals surface area contributed by atoms with Crippen LogP contribution < -0.4 is 0 Å². The van der Waals surface area contributed by atoms with Crippen molar-refractivity contribution in [2.45, 2.75) is 18.7 Å². The summed E-state index contributed by atoms with van der Waals surface area (Å²) < 4.78 is 53.9. The summed E-state index contributed by atoms with van der Waals surface area (Å²) in [6.45, 7) is 0. The van der Waals surface area contributed by atoms with Crippen LogP contribution in [0.4, 0.5) is 17.6 Å². The average Bonchev–Trinajstić information content (AvgIpc) is 2.76. The number of benzene rings is 1. The van der Waals surface area contributed by atoms with E-state index in [9.17, 15) is 17.6 Å². The van der Waals surface area contributed by atoms with Crippen molar-refractivity contribution in [1.82, 2.24) is 10.1 Å². The lowest BCUT2D eigenvalue weighted by molar-refractivity contribution is -0.204. The highest BCUT2D eigenvalue weighted by molar-refractivity contribution is 5.53. The van der Waals surface area contributed by atoms with E-state index in [2.05, 4.69) is 14.7 Å². The molecular formula is C11H8F4N2O2. The van der Waals surface area contributed by atoms with E-state index in [0.29, 0.717) is 0 Å². The zero-order chi connectivity index (χ0) is 14.0. The van der Waals surface area contributed by atoms with Gasteiger partial charge in [-0.15, -0.1) is 0 Å². The molecule has 1 aromatic heterocycles. The minimum Gasteiger partial charge on any atom is -0.383 e. The number of hydrogen-bond acceptors (Lipinski definition) is 4. The van der Waals surface area contributed by atoms with Crippen LogP contribution in [-0.4, -0.2) is 27.5 Å². The van der Waals surface area contributed by atoms with Crippen LogP contribution in [0.1, 0.15) is 5.89 Å². The van der Waals surface area contributed by atoms with Crippen molar-refractivity contribution >= 4 is 0 Å². The van der Waals surface area contributed by atoms with Gasteiger partial charge in [-0.2, -0.15) is 18.2 Å². The lowest BCUT2D eigenvalue weighted by atomic mass is 10.2. The lowest BCUT2D eigenvalue weighted by Crippen LogP contribution is -2.30. The van der Waals surface area contributed by atoms with E-state index in [0.717, 1.165) is 6.07 Å². The normalized spacial score (nSPS) is 13.5. The van der Waals surface area contributed by atoms with Crippen molar-refractivity contribution < 1.29 is 27.2 Å². The van der Waals surface area contributed by atoms with E-state index < -0.39 is 24.5 Å². The molecule has 102 valence electrons. The maximum atomic E-state index is 13.0. The number of hydrogen-bond donors (Lipinski definition) is 1. The van der Waals surface area contributed by atoms with Gasteiger partial charge >= 0.3 is 6.18 Å². The van der Waals surface area contributed by atoms with Crippen molar-refractivity contribution in [3.63, 3.8) is 0 Å². The first-order chi connectivity index (χ1) is 8.86. The van der Waals surface area contributed by atoms with Gasteiger partial charge in [0, 0.05) is 5.56 Å². The molecule has 0 aliphatic carbocycles. The standard InChI is InChI=1S/C11H8F4N2O2/c12-7-3-1-2-6(4-7)10-16-9(19-17-10)5-8(18)11(13,14)15/h1-4,8,18H,5H2. The first kappa shape index (κ1) is 13.5. The van der Waals surface area contributed by atoms with E-state index in [-0.39, 0.29) is 17.3 Å². The molecular weight excluding hydrogens is 268 g/mol. The average molecular weight is 276 g/mol. The fourth-order valence-electron chi connectivity index (χ4n) is 1.36. The van der Waals surface area contributed by atoms with Gasteiger partial charge < -0.3 is 9.63 Å². The van der Waals surface area contributed by atoms with Crippen molar-refractivity contribution in [2.24, 2.45) is 0 Å². The number of aliphatic hydroxyl groups is 1. The first-order valence-electron chi connectivity index (χ1n) is 5.19. The summed E-state index contributed by atoms with van der Waals surface area (Å²) in [6, 6.07) is 5.22. The third kappa shape index (κ3) is 3.28. The van der Waals surface area contributed by atoms with Gasteiger partial charge in [-0.25, -0.2) is 4.39 Å². The molecule has 2 aromatic rings. The lowest BCUT2D eigenvalue weighted by Gasteiger charge is -2.11. The number of aliphatic hydroxyl groups excluding tert-OH is 1. The van der Waals surface area contributed by atoms with Gasteiger partial charge in [-0.1, -0.05) is 17.3 Å². The van der Waals surface area contributed by atoms with Crippen molar-refractivity contribution in [3.05, 3.63) is 36.0 Å². The monoisotopic (exact) mass is 276 g/mol. The molecule has 0 saturated heterocycles. The molecule has 1 N–H and O–H groups in total. The van der Waals surface area contributed by atoms with Crippen molar-refractivity contribution in [3.8, 4) is 11.4 Å². The predicted octanol–water partition coefficient (Wildman–Crippen LogP) is 2.34. The maximum Gasteiger partial charge on any atom is 0.414 e. The van der Waals surface area contributed by atoms with E-state index in [1.807, 2.05) is 0 Å². The Balaban J connectivity index is 2.16. The second kappa shape index (κ2) is 4.96. The van der Waals surface area contributed by atoms with E-state index >= 15 is 0 Å². The SMILES string of the molecule is OC(Cc1nc(-c2cccc(F)c2)no1)C(F)(F)F. The molecule has 1 atom stereocenters. The molecule has 19 heavy (non-hydrogen) atoms. The summed E-state index contributed by atoms with van der Waals surface area (Å²) in [7, 11) is 0. The van der Waals surface area contributed by atoms with Crippen LogP contribution in [-0.2, 0) is 6.42 Å². The Bertz CT molecular complexity index is 568. The van der Waals surface area contributed by atoms with Gasteiger partial charge in [0.15, 0.2) is 6.10 Å². The first-order valence-corrected chi connectivity index (χ1v) is 5.19. The molecule has 8 heteroatoms. The molecule has 0 bridgehead atoms. The Morgan fingerprint density at radius 1 is 1.32 bits per heavy atom. The van der Waals surface area contributed by atoms with Gasteiger partial charge in [0.1, 0.15) is 5.82 Å². The highest BCUT2D eigenvalue weighted by atomic mass is 19.4. The van der Waals surface area contributed by atoms with Crippen LogP contribution in [0.3, 0.4) is 0 Å². The number of rotatable bonds is 3. The molecule has 0 aliphatic rings. The highest BCUT2D eigenvalue weighted by Gasteiger charge is 2.39. The Morgan fingerprint density at radius 3 is 2.68 bits per heavy atom. The smallest absolute Gasteiger partial charge is 0.383 e. The Kier molecular flexibility index (Phi) is 3.52. The zero-order valence-electron chi connectivity index (χ0n) is 9.36. The molecule has 4 nitrogen and oxygen atoms in total. The quantitative estimate of drug-likeness (QED) is 0.874. The number of nitrogens with zero attached hydrogens (tertiary/aromatic N) is 2. The third-order valence-electron chi connectivity index (χ3n) is 2.30. The van der Waals surface area contributed by atoms with E-state index in [4.69, 9.17) is 5.11 Å². The van der Waals surface area contributed by atoms with Crippen LogP contribution in [0, 0.1) is 5.82 Å². The van der Waals surface area contributed by atoms with Crippen LogP contribution in [0.2, 0.25) is 0 Å². The summed E-state index contributed by atoms with van der Waals surface area (Å²) in [6.07, 6.45) is -8.17. The molecule has 0 spiro atoms. The van der Waals surface area contributed by atoms with Gasteiger partial charge in [0.05, 0.1) is 6.42 Å². The fraction of sp³-hybridized carbons (Fsp3) is 0.273. The molecule has 0 aliphatic heterocycles. The Hall–Kier alpha value is -1.96. The van der Waals surface area contributed by atoms with Gasteiger partial charge in [0.25, 0.3) is 0 Å². The summed E-state index contributed by atoms with van der Waals surface area (Å²) in [4.78, 5) is 3.67. The number of aromatic nitrogens is 2. The Morgan fingerprint density at radius 2 is 2.05 bits per heavy atom. The Labute approximate surface area is 104 Å². The molecule has 2 rings (SSSR count). The van der Waals surface area contributed by atoms with Crippen LogP contribution >= 0.6 is 0 Å². The second-order valence-electron chi connectivity index (χ2n) is 3.78. The molecule has 1 heterocycles. The maximum absolute atomic E-state index is 13.0. The molecule has 0 saturated carbocycles. The van der Waals surface area contributed by atoms with Crippen LogP contribution in [0.15, 0.2) is 28.8 Å². The summed E-state index contributed by atoms with van der Waals surface area (Å²) in [5, 5.41) is 12.3. The van der Waals surface area contributed by atoms with E-state index in [1.165, 1.54) is 18.2 Å². The second-order valence-corrected chi connectivity index (χ2v) is 3.78. The van der Waals surface area contributed by atoms with E-state index in [1.54, 1.807) is 0 Å². The van der Waals surface area contributed by atoms with Gasteiger partial charge in [0.2, 0.25) is 11.7 Å².